The van der Waals surface area contributed by atoms with Crippen LogP contribution in [0.1, 0.15) is 32.1 Å². The summed E-state index contributed by atoms with van der Waals surface area (Å²) in [6.07, 6.45) is -1.12. The quantitative estimate of drug-likeness (QED) is 0.807. The molecule has 0 aromatic heterocycles. The van der Waals surface area contributed by atoms with Gasteiger partial charge in [-0.3, -0.25) is 4.79 Å². The fourth-order valence-corrected chi connectivity index (χ4v) is 2.11. The van der Waals surface area contributed by atoms with Crippen molar-refractivity contribution < 1.29 is 27.8 Å². The molecular weight excluding hydrogens is 263 g/mol. The van der Waals surface area contributed by atoms with Crippen LogP contribution in [0.25, 0.3) is 0 Å². The smallest absolute Gasteiger partial charge is 0.395 e. The van der Waals surface area contributed by atoms with Gasteiger partial charge < -0.3 is 14.7 Å². The molecule has 1 unspecified atom stereocenters. The number of aliphatic hydroxyl groups excluding tert-OH is 1. The van der Waals surface area contributed by atoms with E-state index in [2.05, 4.69) is 0 Å². The highest BCUT2D eigenvalue weighted by molar-refractivity contribution is 5.76. The molecule has 0 aromatic rings. The number of hydrogen-bond acceptors (Lipinski definition) is 3. The maximum Gasteiger partial charge on any atom is 0.406 e. The third-order valence-electron chi connectivity index (χ3n) is 3.05. The molecule has 0 aliphatic carbocycles. The molecule has 0 saturated carbocycles. The molecule has 1 aliphatic heterocycles. The number of carbonyl (C=O) groups excluding carboxylic acids is 1. The second-order valence-electron chi connectivity index (χ2n) is 4.68. The predicted octanol–water partition coefficient (Wildman–Crippen LogP) is 1.72. The highest BCUT2D eigenvalue weighted by Crippen LogP contribution is 2.20. The first kappa shape index (κ1) is 16.2. The lowest BCUT2D eigenvalue weighted by Gasteiger charge is -2.25. The minimum absolute atomic E-state index is 0.0282. The van der Waals surface area contributed by atoms with Crippen molar-refractivity contribution in [3.05, 3.63) is 0 Å². The van der Waals surface area contributed by atoms with Gasteiger partial charge in [0.05, 0.1) is 12.7 Å². The van der Waals surface area contributed by atoms with Gasteiger partial charge in [0.1, 0.15) is 6.54 Å². The van der Waals surface area contributed by atoms with E-state index >= 15 is 0 Å². The molecule has 4 nitrogen and oxygen atoms in total. The van der Waals surface area contributed by atoms with Crippen molar-refractivity contribution in [1.82, 2.24) is 4.90 Å². The normalized spacial score (nSPS) is 20.3. The van der Waals surface area contributed by atoms with Crippen LogP contribution in [-0.2, 0) is 9.53 Å². The van der Waals surface area contributed by atoms with E-state index in [1.165, 1.54) is 0 Å². The predicted molar refractivity (Wildman–Crippen MR) is 62.5 cm³/mol. The Labute approximate surface area is 110 Å². The van der Waals surface area contributed by atoms with Crippen molar-refractivity contribution >= 4 is 5.91 Å². The maximum absolute atomic E-state index is 12.3. The number of aliphatic hydroxyl groups is 1. The third kappa shape index (κ3) is 6.77. The Morgan fingerprint density at radius 3 is 2.63 bits per heavy atom. The lowest BCUT2D eigenvalue weighted by atomic mass is 10.0. The molecule has 0 aromatic carbocycles. The molecule has 1 amide bonds. The summed E-state index contributed by atoms with van der Waals surface area (Å²) in [5.74, 6) is -0.583. The minimum Gasteiger partial charge on any atom is -0.395 e. The van der Waals surface area contributed by atoms with Gasteiger partial charge in [0.2, 0.25) is 5.91 Å². The van der Waals surface area contributed by atoms with Crippen LogP contribution in [0, 0.1) is 0 Å². The van der Waals surface area contributed by atoms with Gasteiger partial charge >= 0.3 is 6.18 Å². The Balaban J connectivity index is 2.38. The van der Waals surface area contributed by atoms with Gasteiger partial charge in [-0.15, -0.1) is 0 Å². The van der Waals surface area contributed by atoms with E-state index in [1.807, 2.05) is 0 Å². The van der Waals surface area contributed by atoms with Gasteiger partial charge in [-0.05, 0) is 25.7 Å². The SMILES string of the molecule is O=C(CCC1CCCCO1)N(CCO)CC(F)(F)F. The van der Waals surface area contributed by atoms with Crippen molar-refractivity contribution in [2.75, 3.05) is 26.3 Å². The molecule has 0 bridgehead atoms. The van der Waals surface area contributed by atoms with E-state index in [0.717, 1.165) is 19.3 Å². The van der Waals surface area contributed by atoms with Crippen LogP contribution in [0.2, 0.25) is 0 Å². The van der Waals surface area contributed by atoms with Crippen molar-refractivity contribution in [1.29, 1.82) is 0 Å². The van der Waals surface area contributed by atoms with Crippen LogP contribution in [0.3, 0.4) is 0 Å². The van der Waals surface area contributed by atoms with E-state index in [1.54, 1.807) is 0 Å². The zero-order valence-corrected chi connectivity index (χ0v) is 10.8. The van der Waals surface area contributed by atoms with E-state index < -0.39 is 25.2 Å². The zero-order chi connectivity index (χ0) is 14.3. The van der Waals surface area contributed by atoms with Gasteiger partial charge in [0.15, 0.2) is 0 Å². The molecule has 1 atom stereocenters. The van der Waals surface area contributed by atoms with Crippen molar-refractivity contribution in [3.63, 3.8) is 0 Å². The molecular formula is C12H20F3NO3. The molecule has 1 N–H and O–H groups in total. The average Bonchev–Trinajstić information content (AvgIpc) is 2.35. The number of nitrogens with zero attached hydrogens (tertiary/aromatic N) is 1. The minimum atomic E-state index is -4.44. The summed E-state index contributed by atoms with van der Waals surface area (Å²) in [6, 6.07) is 0. The number of carbonyl (C=O) groups is 1. The van der Waals surface area contributed by atoms with E-state index in [9.17, 15) is 18.0 Å². The monoisotopic (exact) mass is 283 g/mol. The number of amides is 1. The van der Waals surface area contributed by atoms with Crippen molar-refractivity contribution in [3.8, 4) is 0 Å². The Kier molecular flexibility index (Phi) is 6.57. The standard InChI is InChI=1S/C12H20F3NO3/c13-12(14,15)9-16(6-7-17)11(18)5-4-10-3-1-2-8-19-10/h10,17H,1-9H2. The van der Waals surface area contributed by atoms with E-state index in [4.69, 9.17) is 9.84 Å². The molecule has 0 spiro atoms. The van der Waals surface area contributed by atoms with E-state index in [-0.39, 0.29) is 19.1 Å². The molecule has 7 heteroatoms. The number of rotatable bonds is 6. The molecule has 1 saturated heterocycles. The first-order chi connectivity index (χ1) is 8.92. The molecule has 112 valence electrons. The largest absolute Gasteiger partial charge is 0.406 e. The molecule has 1 aliphatic rings. The number of alkyl halides is 3. The lowest BCUT2D eigenvalue weighted by molar-refractivity contribution is -0.162. The summed E-state index contributed by atoms with van der Waals surface area (Å²) in [7, 11) is 0. The van der Waals surface area contributed by atoms with Gasteiger partial charge in [-0.1, -0.05) is 0 Å². The van der Waals surface area contributed by atoms with Gasteiger partial charge in [0, 0.05) is 19.6 Å². The van der Waals surface area contributed by atoms with Gasteiger partial charge in [-0.25, -0.2) is 0 Å². The number of halogens is 3. The molecule has 0 radical (unpaired) electrons. The fraction of sp³-hybridized carbons (Fsp3) is 0.917. The Bertz CT molecular complexity index is 278. The Hall–Kier alpha value is -0.820. The van der Waals surface area contributed by atoms with Gasteiger partial charge in [0.25, 0.3) is 0 Å². The van der Waals surface area contributed by atoms with Crippen LogP contribution in [0.15, 0.2) is 0 Å². The molecule has 1 fully saturated rings. The number of ether oxygens (including phenoxy) is 1. The highest BCUT2D eigenvalue weighted by Gasteiger charge is 2.32. The second kappa shape index (κ2) is 7.69. The number of hydrogen-bond donors (Lipinski definition) is 1. The topological polar surface area (TPSA) is 49.8 Å². The molecule has 1 heterocycles. The van der Waals surface area contributed by atoms with Crippen LogP contribution < -0.4 is 0 Å². The molecule has 19 heavy (non-hydrogen) atoms. The highest BCUT2D eigenvalue weighted by atomic mass is 19.4. The Morgan fingerprint density at radius 2 is 2.11 bits per heavy atom. The van der Waals surface area contributed by atoms with Crippen LogP contribution in [0.4, 0.5) is 13.2 Å². The lowest BCUT2D eigenvalue weighted by Crippen LogP contribution is -2.41. The summed E-state index contributed by atoms with van der Waals surface area (Å²) < 4.78 is 42.3. The first-order valence-electron chi connectivity index (χ1n) is 6.49. The van der Waals surface area contributed by atoms with Crippen LogP contribution in [-0.4, -0.2) is 54.5 Å². The Morgan fingerprint density at radius 1 is 1.37 bits per heavy atom. The zero-order valence-electron chi connectivity index (χ0n) is 10.8. The second-order valence-corrected chi connectivity index (χ2v) is 4.68. The van der Waals surface area contributed by atoms with Crippen molar-refractivity contribution in [2.45, 2.75) is 44.4 Å². The van der Waals surface area contributed by atoms with Crippen LogP contribution >= 0.6 is 0 Å². The van der Waals surface area contributed by atoms with Gasteiger partial charge in [-0.2, -0.15) is 13.2 Å². The summed E-state index contributed by atoms with van der Waals surface area (Å²) >= 11 is 0. The first-order valence-corrected chi connectivity index (χ1v) is 6.49. The maximum atomic E-state index is 12.3. The summed E-state index contributed by atoms with van der Waals surface area (Å²) in [5, 5.41) is 8.71. The fourth-order valence-electron chi connectivity index (χ4n) is 2.11. The summed E-state index contributed by atoms with van der Waals surface area (Å²) in [4.78, 5) is 12.4. The van der Waals surface area contributed by atoms with Crippen LogP contribution in [0.5, 0.6) is 0 Å². The summed E-state index contributed by atoms with van der Waals surface area (Å²) in [5.41, 5.74) is 0. The summed E-state index contributed by atoms with van der Waals surface area (Å²) in [6.45, 7) is -1.41. The molecule has 1 rings (SSSR count). The van der Waals surface area contributed by atoms with E-state index in [0.29, 0.717) is 17.9 Å². The average molecular weight is 283 g/mol. The third-order valence-corrected chi connectivity index (χ3v) is 3.05. The van der Waals surface area contributed by atoms with Crippen molar-refractivity contribution in [2.24, 2.45) is 0 Å².